The molecule has 1 unspecified atom stereocenters. The maximum atomic E-state index is 13.8. The van der Waals surface area contributed by atoms with E-state index in [4.69, 9.17) is 14.9 Å². The predicted molar refractivity (Wildman–Crippen MR) is 111 cm³/mol. The summed E-state index contributed by atoms with van der Waals surface area (Å²) in [4.78, 5) is 3.86. The number of ether oxygens (including phenoxy) is 1. The number of anilines is 1. The van der Waals surface area contributed by atoms with Gasteiger partial charge in [0.2, 0.25) is 11.5 Å². The molecule has 4 rings (SSSR count). The fourth-order valence-corrected chi connectivity index (χ4v) is 4.22. The molecule has 0 aromatic carbocycles. The van der Waals surface area contributed by atoms with E-state index in [2.05, 4.69) is 15.2 Å². The number of hydrogen-bond acceptors (Lipinski definition) is 7. The first-order valence-corrected chi connectivity index (χ1v) is 11.6. The highest BCUT2D eigenvalue weighted by molar-refractivity contribution is 5.68. The molecule has 194 valence electrons. The van der Waals surface area contributed by atoms with Gasteiger partial charge in [0.15, 0.2) is 5.69 Å². The third-order valence-corrected chi connectivity index (χ3v) is 6.45. The Morgan fingerprint density at radius 3 is 2.43 bits per heavy atom. The second-order valence-corrected chi connectivity index (χ2v) is 9.26. The Morgan fingerprint density at radius 1 is 1.03 bits per heavy atom. The first-order chi connectivity index (χ1) is 16.4. The Kier molecular flexibility index (Phi) is 6.91. The van der Waals surface area contributed by atoms with Crippen LogP contribution in [0.5, 0.6) is 5.88 Å². The molecule has 0 saturated heterocycles. The van der Waals surface area contributed by atoms with Crippen molar-refractivity contribution in [2.45, 2.75) is 88.3 Å². The molecule has 0 radical (unpaired) electrons. The molecule has 13 heteroatoms. The predicted octanol–water partition coefficient (Wildman–Crippen LogP) is 5.77. The molecule has 7 nitrogen and oxygen atoms in total. The number of fused-ring (bicyclic) bond motifs is 5. The summed E-state index contributed by atoms with van der Waals surface area (Å²) >= 11 is 0. The van der Waals surface area contributed by atoms with Gasteiger partial charge in [-0.25, -0.2) is 4.98 Å². The first kappa shape index (κ1) is 25.5. The van der Waals surface area contributed by atoms with E-state index in [9.17, 15) is 31.4 Å². The molecular weight excluding hydrogens is 482 g/mol. The van der Waals surface area contributed by atoms with Crippen molar-refractivity contribution in [2.24, 2.45) is 5.92 Å². The summed E-state index contributed by atoms with van der Waals surface area (Å²) in [5.41, 5.74) is 0.143. The maximum Gasteiger partial charge on any atom is 0.426 e. The highest BCUT2D eigenvalue weighted by Gasteiger charge is 2.58. The van der Waals surface area contributed by atoms with Crippen LogP contribution < -0.4 is 10.5 Å². The zero-order valence-electron chi connectivity index (χ0n) is 18.8. The Labute approximate surface area is 197 Å². The second-order valence-electron chi connectivity index (χ2n) is 9.26. The molecule has 0 spiro atoms. The van der Waals surface area contributed by atoms with E-state index < -0.39 is 65.1 Å². The molecule has 1 aliphatic heterocycles. The van der Waals surface area contributed by atoms with Crippen LogP contribution in [-0.2, 0) is 11.8 Å². The van der Waals surface area contributed by atoms with Crippen molar-refractivity contribution in [3.8, 4) is 17.5 Å². The average molecular weight is 508 g/mol. The number of pyridine rings is 1. The van der Waals surface area contributed by atoms with Gasteiger partial charge in [0.1, 0.15) is 11.7 Å². The van der Waals surface area contributed by atoms with Crippen molar-refractivity contribution in [3.05, 3.63) is 17.5 Å². The lowest BCUT2D eigenvalue weighted by atomic mass is 9.94. The van der Waals surface area contributed by atoms with E-state index in [0.717, 1.165) is 25.7 Å². The molecule has 2 aromatic rings. The molecule has 2 atom stereocenters. The fourth-order valence-electron chi connectivity index (χ4n) is 4.22. The second kappa shape index (κ2) is 9.47. The number of aliphatic hydroxyl groups is 1. The largest absolute Gasteiger partial charge is 0.474 e. The number of hydrogen-bond donors (Lipinski definition) is 2. The zero-order chi connectivity index (χ0) is 25.4. The topological polar surface area (TPSA) is 107 Å². The van der Waals surface area contributed by atoms with Crippen molar-refractivity contribution in [1.29, 1.82) is 0 Å². The SMILES string of the molecule is Nc1cc(C(F)(F)F)c2nc1-c1nnc(o1)[C@@](O)(C(F)(F)F)CCCCCC(CCCC1CC1)O2. The number of halogens is 6. The summed E-state index contributed by atoms with van der Waals surface area (Å²) < 4.78 is 93.3. The van der Waals surface area contributed by atoms with Crippen LogP contribution in [0.15, 0.2) is 10.5 Å². The van der Waals surface area contributed by atoms with Gasteiger partial charge >= 0.3 is 12.4 Å². The normalized spacial score (nSPS) is 24.0. The monoisotopic (exact) mass is 508 g/mol. The Bertz CT molecular complexity index is 1040. The van der Waals surface area contributed by atoms with E-state index in [0.29, 0.717) is 31.2 Å². The van der Waals surface area contributed by atoms with Gasteiger partial charge in [0.25, 0.3) is 11.8 Å². The molecule has 2 aliphatic rings. The number of rotatable bonds is 4. The number of alkyl halides is 6. The number of nitrogens with two attached hydrogens (primary N) is 1. The molecule has 3 N–H and O–H groups in total. The number of aromatic nitrogens is 3. The van der Waals surface area contributed by atoms with Gasteiger partial charge in [-0.15, -0.1) is 10.2 Å². The summed E-state index contributed by atoms with van der Waals surface area (Å²) in [6.45, 7) is 0. The van der Waals surface area contributed by atoms with E-state index in [1.807, 2.05) is 0 Å². The van der Waals surface area contributed by atoms with E-state index in [1.54, 1.807) is 0 Å². The Hall–Kier alpha value is -2.57. The molecule has 1 aliphatic carbocycles. The number of nitrogens with zero attached hydrogens (tertiary/aromatic N) is 3. The maximum absolute atomic E-state index is 13.8. The highest BCUT2D eigenvalue weighted by Crippen LogP contribution is 2.44. The fraction of sp³-hybridized carbons (Fsp3) is 0.682. The zero-order valence-corrected chi connectivity index (χ0v) is 18.8. The molecule has 4 bridgehead atoms. The number of nitrogen functional groups attached to an aromatic ring is 1. The Morgan fingerprint density at radius 2 is 1.77 bits per heavy atom. The summed E-state index contributed by atoms with van der Waals surface area (Å²) in [6, 6.07) is 0.588. The lowest BCUT2D eigenvalue weighted by molar-refractivity contribution is -0.277. The smallest absolute Gasteiger partial charge is 0.426 e. The molecule has 2 aromatic heterocycles. The van der Waals surface area contributed by atoms with Crippen molar-refractivity contribution in [2.75, 3.05) is 5.73 Å². The van der Waals surface area contributed by atoms with Crippen LogP contribution >= 0.6 is 0 Å². The van der Waals surface area contributed by atoms with E-state index >= 15 is 0 Å². The minimum absolute atomic E-state index is 0.0258. The lowest BCUT2D eigenvalue weighted by Crippen LogP contribution is -2.42. The van der Waals surface area contributed by atoms with E-state index in [-0.39, 0.29) is 12.8 Å². The third kappa shape index (κ3) is 5.65. The third-order valence-electron chi connectivity index (χ3n) is 6.45. The van der Waals surface area contributed by atoms with Crippen LogP contribution in [0.2, 0.25) is 0 Å². The average Bonchev–Trinajstić information content (AvgIpc) is 3.44. The van der Waals surface area contributed by atoms with Gasteiger partial charge in [-0.2, -0.15) is 26.3 Å². The van der Waals surface area contributed by atoms with Crippen LogP contribution in [0.25, 0.3) is 11.6 Å². The molecule has 35 heavy (non-hydrogen) atoms. The van der Waals surface area contributed by atoms with Crippen molar-refractivity contribution in [3.63, 3.8) is 0 Å². The summed E-state index contributed by atoms with van der Waals surface area (Å²) in [5.74, 6) is -1.90. The lowest BCUT2D eigenvalue weighted by Gasteiger charge is -2.27. The van der Waals surface area contributed by atoms with Crippen LogP contribution in [0, 0.1) is 5.92 Å². The minimum atomic E-state index is -5.12. The molecule has 1 saturated carbocycles. The minimum Gasteiger partial charge on any atom is -0.474 e. The molecule has 1 fully saturated rings. The van der Waals surface area contributed by atoms with Crippen molar-refractivity contribution < 1.29 is 40.6 Å². The summed E-state index contributed by atoms with van der Waals surface area (Å²) in [6.07, 6.45) is -5.87. The van der Waals surface area contributed by atoms with Gasteiger partial charge in [-0.3, -0.25) is 0 Å². The van der Waals surface area contributed by atoms with Gasteiger partial charge in [0, 0.05) is 0 Å². The standard InChI is InChI=1S/C22H26F6N4O3/c23-21(24,25)14-11-15(29)16-18-31-32-19(35-18)20(33,22(26,27)28)10-3-1-2-6-13(34-17(14)30-16)7-4-5-12-8-9-12/h11-13,33H,1-10,29H2/t13?,20-/m1/s1. The van der Waals surface area contributed by atoms with Crippen LogP contribution in [0.3, 0.4) is 0 Å². The summed E-state index contributed by atoms with van der Waals surface area (Å²) in [5, 5.41) is 17.3. The highest BCUT2D eigenvalue weighted by atomic mass is 19.4. The van der Waals surface area contributed by atoms with Gasteiger partial charge in [-0.1, -0.05) is 25.7 Å². The van der Waals surface area contributed by atoms with Gasteiger partial charge in [0.05, 0.1) is 5.69 Å². The summed E-state index contributed by atoms with van der Waals surface area (Å²) in [7, 11) is 0. The quantitative estimate of drug-likeness (QED) is 0.505. The molecule has 3 heterocycles. The van der Waals surface area contributed by atoms with Crippen molar-refractivity contribution in [1.82, 2.24) is 15.2 Å². The van der Waals surface area contributed by atoms with Crippen LogP contribution in [0.1, 0.15) is 75.7 Å². The van der Waals surface area contributed by atoms with E-state index in [1.165, 1.54) is 0 Å². The van der Waals surface area contributed by atoms with Crippen LogP contribution in [0.4, 0.5) is 32.0 Å². The van der Waals surface area contributed by atoms with Gasteiger partial charge in [-0.05, 0) is 50.5 Å². The van der Waals surface area contributed by atoms with Crippen molar-refractivity contribution >= 4 is 5.69 Å². The van der Waals surface area contributed by atoms with Crippen LogP contribution in [-0.4, -0.2) is 32.6 Å². The van der Waals surface area contributed by atoms with Gasteiger partial charge < -0.3 is 20.0 Å². The molecular formula is C22H26F6N4O3. The molecule has 0 amide bonds. The first-order valence-electron chi connectivity index (χ1n) is 11.6. The Balaban J connectivity index is 1.75.